The second-order valence-corrected chi connectivity index (χ2v) is 4.58. The lowest BCUT2D eigenvalue weighted by Gasteiger charge is -1.92. The molecule has 0 aliphatic rings. The summed E-state index contributed by atoms with van der Waals surface area (Å²) in [5, 5.41) is 2.56. The highest BCUT2D eigenvalue weighted by Crippen LogP contribution is 2.25. The summed E-state index contributed by atoms with van der Waals surface area (Å²) in [7, 11) is 0. The lowest BCUT2D eigenvalue weighted by Crippen LogP contribution is -1.79. The van der Waals surface area contributed by atoms with E-state index in [2.05, 4.69) is 19.9 Å². The quantitative estimate of drug-likeness (QED) is 0.690. The van der Waals surface area contributed by atoms with E-state index in [4.69, 9.17) is 23.2 Å². The Balaban J connectivity index is 2.23. The Morgan fingerprint density at radius 1 is 1.25 bits per heavy atom. The zero-order valence-corrected chi connectivity index (χ0v) is 10.1. The SMILES string of the molecule is Clc1cc2[nH]c(-c3cscn3)nc2nc1Cl. The van der Waals surface area contributed by atoms with Crippen LogP contribution < -0.4 is 0 Å². The number of aromatic amines is 1. The van der Waals surface area contributed by atoms with Crippen molar-refractivity contribution in [2.24, 2.45) is 0 Å². The van der Waals surface area contributed by atoms with Crippen LogP contribution in [0.3, 0.4) is 0 Å². The molecule has 3 heterocycles. The lowest BCUT2D eigenvalue weighted by molar-refractivity contribution is 1.26. The van der Waals surface area contributed by atoms with Gasteiger partial charge in [-0.2, -0.15) is 0 Å². The number of H-pyrrole nitrogens is 1. The van der Waals surface area contributed by atoms with Crippen LogP contribution in [0.15, 0.2) is 17.0 Å². The number of hydrogen-bond acceptors (Lipinski definition) is 4. The third-order valence-electron chi connectivity index (χ3n) is 2.06. The summed E-state index contributed by atoms with van der Waals surface area (Å²) in [6.45, 7) is 0. The second kappa shape index (κ2) is 3.69. The van der Waals surface area contributed by atoms with Crippen molar-refractivity contribution in [2.45, 2.75) is 0 Å². The maximum Gasteiger partial charge on any atom is 0.179 e. The highest BCUT2D eigenvalue weighted by molar-refractivity contribution is 7.07. The summed E-state index contributed by atoms with van der Waals surface area (Å²) >= 11 is 13.2. The molecule has 3 rings (SSSR count). The molecule has 0 radical (unpaired) electrons. The van der Waals surface area contributed by atoms with Gasteiger partial charge >= 0.3 is 0 Å². The molecule has 0 unspecified atom stereocenters. The number of fused-ring (bicyclic) bond motifs is 1. The van der Waals surface area contributed by atoms with Gasteiger partial charge in [-0.1, -0.05) is 23.2 Å². The van der Waals surface area contributed by atoms with Gasteiger partial charge in [-0.3, -0.25) is 0 Å². The molecule has 0 bridgehead atoms. The van der Waals surface area contributed by atoms with E-state index >= 15 is 0 Å². The van der Waals surface area contributed by atoms with E-state index in [-0.39, 0.29) is 5.15 Å². The summed E-state index contributed by atoms with van der Waals surface area (Å²) in [5.74, 6) is 0.669. The summed E-state index contributed by atoms with van der Waals surface area (Å²) < 4.78 is 0. The molecule has 1 N–H and O–H groups in total. The van der Waals surface area contributed by atoms with E-state index in [1.54, 1.807) is 11.6 Å². The first-order valence-corrected chi connectivity index (χ1v) is 6.04. The Kier molecular flexibility index (Phi) is 2.31. The van der Waals surface area contributed by atoms with Crippen LogP contribution in [0.1, 0.15) is 0 Å². The fourth-order valence-corrected chi connectivity index (χ4v) is 2.17. The van der Waals surface area contributed by atoms with Gasteiger partial charge in [0.1, 0.15) is 10.8 Å². The topological polar surface area (TPSA) is 54.5 Å². The average Bonchev–Trinajstić information content (AvgIpc) is 2.86. The van der Waals surface area contributed by atoms with Crippen LogP contribution in [0.2, 0.25) is 10.2 Å². The largest absolute Gasteiger partial charge is 0.335 e. The minimum Gasteiger partial charge on any atom is -0.335 e. The van der Waals surface area contributed by atoms with Gasteiger partial charge in [-0.15, -0.1) is 11.3 Å². The van der Waals surface area contributed by atoms with Crippen molar-refractivity contribution in [1.82, 2.24) is 19.9 Å². The average molecular weight is 271 g/mol. The zero-order chi connectivity index (χ0) is 11.1. The molecule has 3 aromatic heterocycles. The molecule has 0 aliphatic carbocycles. The van der Waals surface area contributed by atoms with Gasteiger partial charge in [-0.25, -0.2) is 15.0 Å². The van der Waals surface area contributed by atoms with Crippen molar-refractivity contribution in [2.75, 3.05) is 0 Å². The molecule has 3 aromatic rings. The van der Waals surface area contributed by atoms with E-state index < -0.39 is 0 Å². The second-order valence-electron chi connectivity index (χ2n) is 3.09. The van der Waals surface area contributed by atoms with Crippen LogP contribution in [-0.2, 0) is 0 Å². The highest BCUT2D eigenvalue weighted by Gasteiger charge is 2.10. The summed E-state index contributed by atoms with van der Waals surface area (Å²) in [6, 6.07) is 1.70. The molecular weight excluding hydrogens is 267 g/mol. The van der Waals surface area contributed by atoms with Crippen molar-refractivity contribution in [1.29, 1.82) is 0 Å². The summed E-state index contributed by atoms with van der Waals surface area (Å²) in [6.07, 6.45) is 0. The number of nitrogens with one attached hydrogen (secondary N) is 1. The van der Waals surface area contributed by atoms with Crippen LogP contribution in [0.4, 0.5) is 0 Å². The first kappa shape index (κ1) is 10.0. The van der Waals surface area contributed by atoms with Gasteiger partial charge in [0.15, 0.2) is 11.5 Å². The van der Waals surface area contributed by atoms with Crippen LogP contribution in [0.25, 0.3) is 22.7 Å². The Hall–Kier alpha value is -1.17. The van der Waals surface area contributed by atoms with E-state index in [0.29, 0.717) is 16.5 Å². The number of rotatable bonds is 1. The molecule has 7 heteroatoms. The Morgan fingerprint density at radius 2 is 2.12 bits per heavy atom. The molecule has 0 atom stereocenters. The predicted octanol–water partition coefficient (Wildman–Crippen LogP) is 3.39. The fraction of sp³-hybridized carbons (Fsp3) is 0. The number of thiazole rings is 1. The van der Waals surface area contributed by atoms with E-state index in [0.717, 1.165) is 11.2 Å². The van der Waals surface area contributed by atoms with Crippen LogP contribution in [0, 0.1) is 0 Å². The smallest absolute Gasteiger partial charge is 0.179 e. The zero-order valence-electron chi connectivity index (χ0n) is 7.74. The van der Waals surface area contributed by atoms with Crippen molar-refractivity contribution in [3.63, 3.8) is 0 Å². The molecule has 80 valence electrons. The van der Waals surface area contributed by atoms with Crippen molar-refractivity contribution < 1.29 is 0 Å². The van der Waals surface area contributed by atoms with E-state index in [9.17, 15) is 0 Å². The van der Waals surface area contributed by atoms with Crippen molar-refractivity contribution >= 4 is 45.7 Å². The van der Waals surface area contributed by atoms with Crippen molar-refractivity contribution in [3.05, 3.63) is 27.1 Å². The molecular formula is C9H4Cl2N4S. The van der Waals surface area contributed by atoms with Crippen LogP contribution in [0.5, 0.6) is 0 Å². The molecule has 16 heavy (non-hydrogen) atoms. The van der Waals surface area contributed by atoms with Gasteiger partial charge in [0, 0.05) is 5.38 Å². The van der Waals surface area contributed by atoms with Crippen LogP contribution >= 0.6 is 34.5 Å². The van der Waals surface area contributed by atoms with Gasteiger partial charge in [0.2, 0.25) is 0 Å². The Morgan fingerprint density at radius 3 is 2.88 bits per heavy atom. The van der Waals surface area contributed by atoms with E-state index in [1.165, 1.54) is 11.3 Å². The standard InChI is InChI=1S/C9H4Cl2N4S/c10-4-1-5-8(14-7(4)11)15-9(13-5)6-2-16-3-12-6/h1-3H,(H,13,14,15). The number of hydrogen-bond donors (Lipinski definition) is 1. The molecule has 0 saturated carbocycles. The van der Waals surface area contributed by atoms with Gasteiger partial charge in [0.25, 0.3) is 0 Å². The first-order valence-electron chi connectivity index (χ1n) is 4.34. The number of halogens is 2. The summed E-state index contributed by atoms with van der Waals surface area (Å²) in [5.41, 5.74) is 3.82. The molecule has 0 spiro atoms. The van der Waals surface area contributed by atoms with Gasteiger partial charge in [0.05, 0.1) is 16.0 Å². The number of imidazole rings is 1. The molecule has 0 aromatic carbocycles. The normalized spacial score (nSPS) is 11.1. The Labute approximate surface area is 104 Å². The predicted molar refractivity (Wildman–Crippen MR) is 65.0 cm³/mol. The maximum atomic E-state index is 5.87. The molecule has 4 nitrogen and oxygen atoms in total. The summed E-state index contributed by atoms with van der Waals surface area (Å²) in [4.78, 5) is 15.6. The minimum atomic E-state index is 0.255. The molecule has 0 saturated heterocycles. The lowest BCUT2D eigenvalue weighted by atomic mass is 10.4. The molecule has 0 fully saturated rings. The van der Waals surface area contributed by atoms with Gasteiger partial charge in [-0.05, 0) is 6.07 Å². The maximum absolute atomic E-state index is 5.87. The number of aromatic nitrogens is 4. The third kappa shape index (κ3) is 1.57. The number of pyridine rings is 1. The van der Waals surface area contributed by atoms with Crippen molar-refractivity contribution in [3.8, 4) is 11.5 Å². The van der Waals surface area contributed by atoms with Crippen LogP contribution in [-0.4, -0.2) is 19.9 Å². The first-order chi connectivity index (χ1) is 7.74. The monoisotopic (exact) mass is 270 g/mol. The number of nitrogens with zero attached hydrogens (tertiary/aromatic N) is 3. The highest BCUT2D eigenvalue weighted by atomic mass is 35.5. The third-order valence-corrected chi connectivity index (χ3v) is 3.32. The molecule has 0 amide bonds. The minimum absolute atomic E-state index is 0.255. The van der Waals surface area contributed by atoms with Gasteiger partial charge < -0.3 is 4.98 Å². The van der Waals surface area contributed by atoms with E-state index in [1.807, 2.05) is 5.38 Å². The Bertz CT molecular complexity index is 608. The molecule has 0 aliphatic heterocycles. The fourth-order valence-electron chi connectivity index (χ4n) is 1.35.